The van der Waals surface area contributed by atoms with Crippen LogP contribution in [0.5, 0.6) is 0 Å². The average molecular weight is 213 g/mol. The van der Waals surface area contributed by atoms with Crippen LogP contribution < -0.4 is 10.6 Å². The summed E-state index contributed by atoms with van der Waals surface area (Å²) in [4.78, 5) is 0. The van der Waals surface area contributed by atoms with E-state index in [1.54, 1.807) is 0 Å². The molecule has 1 heterocycles. The van der Waals surface area contributed by atoms with Crippen molar-refractivity contribution in [3.8, 4) is 0 Å². The first-order chi connectivity index (χ1) is 6.45. The van der Waals surface area contributed by atoms with Gasteiger partial charge in [-0.3, -0.25) is 0 Å². The first-order valence-corrected chi connectivity index (χ1v) is 4.93. The molecule has 0 aromatic heterocycles. The van der Waals surface area contributed by atoms with Crippen molar-refractivity contribution in [2.75, 3.05) is 19.6 Å². The Hall–Kier alpha value is -0.570. The van der Waals surface area contributed by atoms with Crippen molar-refractivity contribution in [2.24, 2.45) is 0 Å². The third-order valence-electron chi connectivity index (χ3n) is 2.45. The van der Waals surface area contributed by atoms with Gasteiger partial charge in [-0.05, 0) is 12.0 Å². The van der Waals surface area contributed by atoms with Crippen molar-refractivity contribution in [3.63, 3.8) is 0 Å². The second-order valence-electron chi connectivity index (χ2n) is 3.54. The molecule has 1 aliphatic rings. The summed E-state index contributed by atoms with van der Waals surface area (Å²) in [5.74, 6) is 0. The Labute approximate surface area is 91.5 Å². The zero-order valence-electron chi connectivity index (χ0n) is 8.20. The van der Waals surface area contributed by atoms with Crippen LogP contribution in [0.15, 0.2) is 30.3 Å². The molecule has 0 amide bonds. The number of rotatable bonds is 2. The van der Waals surface area contributed by atoms with Gasteiger partial charge in [0.1, 0.15) is 0 Å². The lowest BCUT2D eigenvalue weighted by atomic mass is 10.1. The van der Waals surface area contributed by atoms with Crippen molar-refractivity contribution in [1.82, 2.24) is 10.6 Å². The molecule has 1 atom stereocenters. The van der Waals surface area contributed by atoms with Crippen LogP contribution in [0.4, 0.5) is 0 Å². The number of piperazine rings is 1. The van der Waals surface area contributed by atoms with E-state index in [4.69, 9.17) is 0 Å². The van der Waals surface area contributed by atoms with Crippen LogP contribution in [0.3, 0.4) is 0 Å². The molecule has 1 unspecified atom stereocenters. The van der Waals surface area contributed by atoms with Gasteiger partial charge in [0, 0.05) is 25.7 Å². The molecule has 1 saturated heterocycles. The lowest BCUT2D eigenvalue weighted by molar-refractivity contribution is 0.416. The predicted octanol–water partition coefficient (Wildman–Crippen LogP) is 1.21. The van der Waals surface area contributed by atoms with Gasteiger partial charge in [0.15, 0.2) is 0 Å². The zero-order chi connectivity index (χ0) is 8.93. The van der Waals surface area contributed by atoms with Crippen molar-refractivity contribution >= 4 is 12.4 Å². The minimum absolute atomic E-state index is 0. The van der Waals surface area contributed by atoms with E-state index in [2.05, 4.69) is 41.0 Å². The second-order valence-corrected chi connectivity index (χ2v) is 3.54. The third-order valence-corrected chi connectivity index (χ3v) is 2.45. The standard InChI is InChI=1S/C11H16N2.ClH/c1-2-4-10(5-3-1)8-11-9-12-6-7-13-11;/h1-5,11-13H,6-9H2;1H. The molecular formula is C11H17ClN2. The highest BCUT2D eigenvalue weighted by atomic mass is 35.5. The number of benzene rings is 1. The van der Waals surface area contributed by atoms with E-state index in [0.717, 1.165) is 26.1 Å². The Balaban J connectivity index is 0.000000980. The minimum Gasteiger partial charge on any atom is -0.314 e. The predicted molar refractivity (Wildman–Crippen MR) is 62.1 cm³/mol. The molecule has 0 bridgehead atoms. The van der Waals surface area contributed by atoms with Crippen LogP contribution in [-0.4, -0.2) is 25.7 Å². The molecule has 78 valence electrons. The summed E-state index contributed by atoms with van der Waals surface area (Å²) in [5.41, 5.74) is 1.42. The van der Waals surface area contributed by atoms with E-state index >= 15 is 0 Å². The van der Waals surface area contributed by atoms with Crippen molar-refractivity contribution < 1.29 is 0 Å². The molecule has 2 nitrogen and oxygen atoms in total. The molecule has 3 heteroatoms. The van der Waals surface area contributed by atoms with Gasteiger partial charge in [-0.1, -0.05) is 30.3 Å². The Kier molecular flexibility index (Phi) is 4.94. The van der Waals surface area contributed by atoms with E-state index in [1.807, 2.05) is 0 Å². The Morgan fingerprint density at radius 3 is 2.57 bits per heavy atom. The summed E-state index contributed by atoms with van der Waals surface area (Å²) in [5, 5.41) is 6.90. The molecular weight excluding hydrogens is 196 g/mol. The second kappa shape index (κ2) is 6.02. The average Bonchev–Trinajstić information content (AvgIpc) is 2.21. The largest absolute Gasteiger partial charge is 0.314 e. The van der Waals surface area contributed by atoms with Crippen LogP contribution >= 0.6 is 12.4 Å². The highest BCUT2D eigenvalue weighted by Crippen LogP contribution is 2.03. The fourth-order valence-corrected chi connectivity index (χ4v) is 1.76. The fraction of sp³-hybridized carbons (Fsp3) is 0.455. The maximum Gasteiger partial charge on any atom is 0.0233 e. The normalized spacial score (nSPS) is 21.3. The van der Waals surface area contributed by atoms with Gasteiger partial charge in [0.25, 0.3) is 0 Å². The van der Waals surface area contributed by atoms with Crippen LogP contribution in [0.2, 0.25) is 0 Å². The SMILES string of the molecule is Cl.c1ccc(CC2CNCCN2)cc1. The quantitative estimate of drug-likeness (QED) is 0.771. The molecule has 2 rings (SSSR count). The summed E-state index contributed by atoms with van der Waals surface area (Å²) in [6, 6.07) is 11.3. The molecule has 1 fully saturated rings. The first-order valence-electron chi connectivity index (χ1n) is 4.93. The smallest absolute Gasteiger partial charge is 0.0233 e. The Morgan fingerprint density at radius 2 is 1.93 bits per heavy atom. The Bertz CT molecular complexity index is 245. The van der Waals surface area contributed by atoms with E-state index in [0.29, 0.717) is 6.04 Å². The highest BCUT2D eigenvalue weighted by Gasteiger charge is 2.11. The van der Waals surface area contributed by atoms with Crippen LogP contribution in [0.25, 0.3) is 0 Å². The molecule has 2 N–H and O–H groups in total. The summed E-state index contributed by atoms with van der Waals surface area (Å²) >= 11 is 0. The zero-order valence-corrected chi connectivity index (χ0v) is 9.02. The maximum atomic E-state index is 3.51. The van der Waals surface area contributed by atoms with Gasteiger partial charge in [0.05, 0.1) is 0 Å². The molecule has 0 saturated carbocycles. The minimum atomic E-state index is 0. The molecule has 1 aromatic carbocycles. The van der Waals surface area contributed by atoms with E-state index < -0.39 is 0 Å². The summed E-state index contributed by atoms with van der Waals surface area (Å²) in [6.45, 7) is 3.29. The summed E-state index contributed by atoms with van der Waals surface area (Å²) < 4.78 is 0. The number of hydrogen-bond donors (Lipinski definition) is 2. The molecule has 0 radical (unpaired) electrons. The van der Waals surface area contributed by atoms with Crippen molar-refractivity contribution in [3.05, 3.63) is 35.9 Å². The Morgan fingerprint density at radius 1 is 1.14 bits per heavy atom. The summed E-state index contributed by atoms with van der Waals surface area (Å²) in [6.07, 6.45) is 1.13. The summed E-state index contributed by atoms with van der Waals surface area (Å²) in [7, 11) is 0. The topological polar surface area (TPSA) is 24.1 Å². The van der Waals surface area contributed by atoms with Crippen molar-refractivity contribution in [2.45, 2.75) is 12.5 Å². The van der Waals surface area contributed by atoms with Crippen LogP contribution in [0.1, 0.15) is 5.56 Å². The molecule has 1 aromatic rings. The highest BCUT2D eigenvalue weighted by molar-refractivity contribution is 5.85. The number of nitrogens with one attached hydrogen (secondary N) is 2. The first kappa shape index (κ1) is 11.5. The molecule has 0 spiro atoms. The number of halogens is 1. The molecule has 0 aliphatic carbocycles. The molecule has 1 aliphatic heterocycles. The van der Waals surface area contributed by atoms with Gasteiger partial charge < -0.3 is 10.6 Å². The fourth-order valence-electron chi connectivity index (χ4n) is 1.76. The van der Waals surface area contributed by atoms with Crippen LogP contribution in [0, 0.1) is 0 Å². The van der Waals surface area contributed by atoms with E-state index in [9.17, 15) is 0 Å². The monoisotopic (exact) mass is 212 g/mol. The van der Waals surface area contributed by atoms with E-state index in [1.165, 1.54) is 5.56 Å². The molecule has 14 heavy (non-hydrogen) atoms. The van der Waals surface area contributed by atoms with Crippen LogP contribution in [-0.2, 0) is 6.42 Å². The van der Waals surface area contributed by atoms with Gasteiger partial charge in [-0.25, -0.2) is 0 Å². The van der Waals surface area contributed by atoms with Gasteiger partial charge in [-0.2, -0.15) is 0 Å². The van der Waals surface area contributed by atoms with Gasteiger partial charge >= 0.3 is 0 Å². The lowest BCUT2D eigenvalue weighted by Gasteiger charge is -2.24. The van der Waals surface area contributed by atoms with Gasteiger partial charge in [-0.15, -0.1) is 12.4 Å². The third kappa shape index (κ3) is 3.29. The van der Waals surface area contributed by atoms with Crippen molar-refractivity contribution in [1.29, 1.82) is 0 Å². The maximum absolute atomic E-state index is 3.51. The lowest BCUT2D eigenvalue weighted by Crippen LogP contribution is -2.49. The number of hydrogen-bond acceptors (Lipinski definition) is 2. The van der Waals surface area contributed by atoms with Gasteiger partial charge in [0.2, 0.25) is 0 Å². The van der Waals surface area contributed by atoms with E-state index in [-0.39, 0.29) is 12.4 Å².